The molecule has 2 aliphatic rings. The number of likely N-dealkylation sites (tertiary alicyclic amines) is 2. The Morgan fingerprint density at radius 3 is 2.52 bits per heavy atom. The van der Waals surface area contributed by atoms with E-state index in [0.29, 0.717) is 19.0 Å². The lowest BCUT2D eigenvalue weighted by molar-refractivity contribution is -0.137. The predicted molar refractivity (Wildman–Crippen MR) is 83.8 cm³/mol. The molecule has 0 unspecified atom stereocenters. The van der Waals surface area contributed by atoms with Crippen molar-refractivity contribution in [1.29, 1.82) is 0 Å². The molecule has 4 nitrogen and oxygen atoms in total. The topological polar surface area (TPSA) is 40.6 Å². The van der Waals surface area contributed by atoms with Gasteiger partial charge >= 0.3 is 0 Å². The average Bonchev–Trinajstić information content (AvgIpc) is 2.92. The lowest BCUT2D eigenvalue weighted by Crippen LogP contribution is -2.42. The van der Waals surface area contributed by atoms with Gasteiger partial charge in [0.2, 0.25) is 11.8 Å². The molecule has 0 spiro atoms. The van der Waals surface area contributed by atoms with Crippen LogP contribution in [0.15, 0.2) is 0 Å². The fraction of sp³-hybridized carbons (Fsp3) is 0.882. The summed E-state index contributed by atoms with van der Waals surface area (Å²) in [5.74, 6) is 0.216. The van der Waals surface area contributed by atoms with Crippen molar-refractivity contribution in [3.63, 3.8) is 0 Å². The molecule has 2 atom stereocenters. The van der Waals surface area contributed by atoms with Crippen LogP contribution in [0.4, 0.5) is 0 Å². The van der Waals surface area contributed by atoms with Crippen LogP contribution >= 0.6 is 0 Å². The van der Waals surface area contributed by atoms with Crippen molar-refractivity contribution < 1.29 is 9.59 Å². The predicted octanol–water partition coefficient (Wildman–Crippen LogP) is 2.67. The number of rotatable bonds is 3. The van der Waals surface area contributed by atoms with Crippen molar-refractivity contribution in [3.8, 4) is 0 Å². The summed E-state index contributed by atoms with van der Waals surface area (Å²) in [6, 6.07) is 0.556. The first-order valence-electron chi connectivity index (χ1n) is 8.29. The minimum absolute atomic E-state index is 0.125. The second-order valence-electron chi connectivity index (χ2n) is 8.13. The summed E-state index contributed by atoms with van der Waals surface area (Å²) in [4.78, 5) is 28.7. The first kappa shape index (κ1) is 16.3. The number of hydrogen-bond acceptors (Lipinski definition) is 2. The molecule has 2 rings (SSSR count). The van der Waals surface area contributed by atoms with Crippen molar-refractivity contribution >= 4 is 11.8 Å². The molecule has 0 aromatic rings. The van der Waals surface area contributed by atoms with Crippen molar-refractivity contribution in [3.05, 3.63) is 0 Å². The van der Waals surface area contributed by atoms with Crippen LogP contribution in [0.2, 0.25) is 0 Å². The zero-order chi connectivity index (χ0) is 15.8. The summed E-state index contributed by atoms with van der Waals surface area (Å²) in [7, 11) is 0. The van der Waals surface area contributed by atoms with E-state index in [0.717, 1.165) is 25.8 Å². The molecule has 0 radical (unpaired) electrons. The molecule has 0 N–H and O–H groups in total. The molecule has 0 aromatic carbocycles. The van der Waals surface area contributed by atoms with Gasteiger partial charge in [0.05, 0.1) is 5.92 Å². The summed E-state index contributed by atoms with van der Waals surface area (Å²) < 4.78 is 0. The first-order valence-corrected chi connectivity index (χ1v) is 8.29. The van der Waals surface area contributed by atoms with Crippen LogP contribution in [-0.4, -0.2) is 46.8 Å². The van der Waals surface area contributed by atoms with E-state index in [9.17, 15) is 9.59 Å². The van der Waals surface area contributed by atoms with Crippen LogP contribution in [0.1, 0.15) is 60.3 Å². The van der Waals surface area contributed by atoms with Crippen molar-refractivity contribution in [2.75, 3.05) is 13.1 Å². The molecule has 21 heavy (non-hydrogen) atoms. The number of carbonyl (C=O) groups excluding carboxylic acids is 2. The Morgan fingerprint density at radius 2 is 2.00 bits per heavy atom. The van der Waals surface area contributed by atoms with Crippen LogP contribution in [0.25, 0.3) is 0 Å². The summed E-state index contributed by atoms with van der Waals surface area (Å²) in [6.07, 6.45) is 3.65. The van der Waals surface area contributed by atoms with Gasteiger partial charge in [0.15, 0.2) is 0 Å². The Kier molecular flexibility index (Phi) is 4.64. The van der Waals surface area contributed by atoms with E-state index >= 15 is 0 Å². The van der Waals surface area contributed by atoms with Gasteiger partial charge in [0, 0.05) is 31.6 Å². The number of hydrogen-bond donors (Lipinski definition) is 0. The third kappa shape index (κ3) is 3.78. The molecule has 2 heterocycles. The van der Waals surface area contributed by atoms with Crippen LogP contribution in [0, 0.1) is 11.3 Å². The Balaban J connectivity index is 2.01. The number of nitrogens with zero attached hydrogens (tertiary/aromatic N) is 2. The second-order valence-corrected chi connectivity index (χ2v) is 8.13. The first-order chi connectivity index (χ1) is 9.69. The number of amides is 2. The van der Waals surface area contributed by atoms with Crippen LogP contribution in [0.3, 0.4) is 0 Å². The molecule has 2 fully saturated rings. The zero-order valence-electron chi connectivity index (χ0n) is 14.2. The highest BCUT2D eigenvalue weighted by atomic mass is 16.2. The maximum absolute atomic E-state index is 12.8. The summed E-state index contributed by atoms with van der Waals surface area (Å²) >= 11 is 0. The molecule has 2 saturated heterocycles. The van der Waals surface area contributed by atoms with Gasteiger partial charge < -0.3 is 9.80 Å². The Bertz CT molecular complexity index is 412. The smallest absolute Gasteiger partial charge is 0.228 e. The zero-order valence-corrected chi connectivity index (χ0v) is 14.2. The van der Waals surface area contributed by atoms with Crippen molar-refractivity contribution in [2.45, 2.75) is 72.4 Å². The van der Waals surface area contributed by atoms with Gasteiger partial charge in [0.1, 0.15) is 0 Å². The normalized spacial score (nSPS) is 27.0. The van der Waals surface area contributed by atoms with E-state index in [1.54, 1.807) is 0 Å². The maximum atomic E-state index is 12.8. The summed E-state index contributed by atoms with van der Waals surface area (Å²) in [5, 5.41) is 0. The minimum Gasteiger partial charge on any atom is -0.339 e. The quantitative estimate of drug-likeness (QED) is 0.803. The van der Waals surface area contributed by atoms with Gasteiger partial charge in [0.25, 0.3) is 0 Å². The molecule has 2 amide bonds. The molecule has 2 aliphatic heterocycles. The summed E-state index contributed by atoms with van der Waals surface area (Å²) in [5.41, 5.74) is 0.239. The highest BCUT2D eigenvalue weighted by Gasteiger charge is 2.40. The second kappa shape index (κ2) is 5.98. The SMILES string of the molecule is CC(C)N1C[C@H](C(=O)N2CCC[C@H]2CC(C)(C)C)CC1=O. The molecular weight excluding hydrogens is 264 g/mol. The largest absolute Gasteiger partial charge is 0.339 e. The third-order valence-corrected chi connectivity index (χ3v) is 4.64. The Hall–Kier alpha value is -1.06. The summed E-state index contributed by atoms with van der Waals surface area (Å²) in [6.45, 7) is 12.2. The van der Waals surface area contributed by atoms with Gasteiger partial charge in [-0.15, -0.1) is 0 Å². The molecular formula is C17H30N2O2. The van der Waals surface area contributed by atoms with Gasteiger partial charge in [-0.25, -0.2) is 0 Å². The molecule has 0 saturated carbocycles. The molecule has 120 valence electrons. The van der Waals surface area contributed by atoms with Gasteiger partial charge in [-0.1, -0.05) is 20.8 Å². The lowest BCUT2D eigenvalue weighted by atomic mass is 9.87. The van der Waals surface area contributed by atoms with E-state index in [1.165, 1.54) is 0 Å². The fourth-order valence-corrected chi connectivity index (χ4v) is 3.68. The van der Waals surface area contributed by atoms with Crippen LogP contribution < -0.4 is 0 Å². The highest BCUT2D eigenvalue weighted by molar-refractivity contribution is 5.89. The standard InChI is InChI=1S/C17H30N2O2/c1-12(2)19-11-13(9-15(19)20)16(21)18-8-6-7-14(18)10-17(3,4)5/h12-14H,6-11H2,1-5H3/t13-,14+/m1/s1. The third-order valence-electron chi connectivity index (χ3n) is 4.64. The molecule has 0 aromatic heterocycles. The maximum Gasteiger partial charge on any atom is 0.228 e. The van der Waals surface area contributed by atoms with Crippen molar-refractivity contribution in [1.82, 2.24) is 9.80 Å². The molecule has 0 bridgehead atoms. The monoisotopic (exact) mass is 294 g/mol. The van der Waals surface area contributed by atoms with E-state index in [1.807, 2.05) is 18.7 Å². The van der Waals surface area contributed by atoms with Crippen LogP contribution in [0.5, 0.6) is 0 Å². The minimum atomic E-state index is -0.125. The van der Waals surface area contributed by atoms with Crippen molar-refractivity contribution in [2.24, 2.45) is 11.3 Å². The Labute approximate surface area is 128 Å². The average molecular weight is 294 g/mol. The molecule has 4 heteroatoms. The number of carbonyl (C=O) groups is 2. The lowest BCUT2D eigenvalue weighted by Gasteiger charge is -2.32. The van der Waals surface area contributed by atoms with E-state index < -0.39 is 0 Å². The van der Waals surface area contributed by atoms with Gasteiger partial charge in [-0.2, -0.15) is 0 Å². The van der Waals surface area contributed by atoms with E-state index in [-0.39, 0.29) is 29.2 Å². The van der Waals surface area contributed by atoms with Crippen LogP contribution in [-0.2, 0) is 9.59 Å². The van der Waals surface area contributed by atoms with E-state index in [4.69, 9.17) is 0 Å². The highest BCUT2D eigenvalue weighted by Crippen LogP contribution is 2.32. The Morgan fingerprint density at radius 1 is 1.33 bits per heavy atom. The van der Waals surface area contributed by atoms with E-state index in [2.05, 4.69) is 25.7 Å². The van der Waals surface area contributed by atoms with Gasteiger partial charge in [-0.05, 0) is 38.5 Å². The fourth-order valence-electron chi connectivity index (χ4n) is 3.68. The van der Waals surface area contributed by atoms with Gasteiger partial charge in [-0.3, -0.25) is 9.59 Å². The molecule has 0 aliphatic carbocycles.